The Bertz CT molecular complexity index is 351. The van der Waals surface area contributed by atoms with Crippen molar-refractivity contribution in [2.24, 2.45) is 5.73 Å². The highest BCUT2D eigenvalue weighted by Gasteiger charge is 2.27. The van der Waals surface area contributed by atoms with Gasteiger partial charge in [0.25, 0.3) is 0 Å². The van der Waals surface area contributed by atoms with E-state index in [0.29, 0.717) is 0 Å². The van der Waals surface area contributed by atoms with E-state index in [-0.39, 0.29) is 18.3 Å². The number of carboxylic acid groups (broad SMARTS) is 1. The van der Waals surface area contributed by atoms with Gasteiger partial charge in [-0.1, -0.05) is 0 Å². The van der Waals surface area contributed by atoms with Gasteiger partial charge in [0.05, 0.1) is 6.42 Å². The number of nitrogens with two attached hydrogens (primary N) is 1. The number of urea groups is 1. The molecule has 11 heteroatoms. The fraction of sp³-hybridized carbons (Fsp3) is 0.625. The number of nitrogens with one attached hydrogen (secondary N) is 2. The largest absolute Gasteiger partial charge is 0.480 e. The predicted molar refractivity (Wildman–Crippen MR) is 60.3 cm³/mol. The minimum absolute atomic E-state index is 0.307. The first kappa shape index (κ1) is 17.4. The summed E-state index contributed by atoms with van der Waals surface area (Å²) >= 11 is -0.322. The van der Waals surface area contributed by atoms with Crippen molar-refractivity contribution in [3.8, 4) is 0 Å². The van der Waals surface area contributed by atoms with Crippen LogP contribution in [0.5, 0.6) is 0 Å². The maximum absolute atomic E-state index is 11.7. The summed E-state index contributed by atoms with van der Waals surface area (Å²) in [6.07, 6.45) is -0.611. The van der Waals surface area contributed by atoms with Crippen LogP contribution in [0.2, 0.25) is 0 Å². The number of carbonyl (C=O) groups excluding carboxylic acids is 2. The van der Waals surface area contributed by atoms with Crippen LogP contribution in [0.25, 0.3) is 0 Å². The van der Waals surface area contributed by atoms with Gasteiger partial charge in [-0.15, -0.1) is 0 Å². The Balaban J connectivity index is 4.00. The molecule has 5 N–H and O–H groups in total. The molecule has 0 aliphatic heterocycles. The average molecular weight is 303 g/mol. The minimum Gasteiger partial charge on any atom is -0.480 e. The van der Waals surface area contributed by atoms with E-state index in [0.717, 1.165) is 0 Å². The zero-order valence-electron chi connectivity index (χ0n) is 9.49. The van der Waals surface area contributed by atoms with Gasteiger partial charge in [-0.2, -0.15) is 13.2 Å². The number of hydrogen-bond donors (Lipinski definition) is 4. The number of hydrogen-bond acceptors (Lipinski definition) is 4. The molecule has 1 unspecified atom stereocenters. The summed E-state index contributed by atoms with van der Waals surface area (Å²) in [4.78, 5) is 32.3. The Morgan fingerprint density at radius 3 is 2.32 bits per heavy atom. The van der Waals surface area contributed by atoms with Gasteiger partial charge >= 0.3 is 17.5 Å². The summed E-state index contributed by atoms with van der Waals surface area (Å²) in [5.41, 5.74) is 0.379. The molecule has 110 valence electrons. The van der Waals surface area contributed by atoms with Crippen molar-refractivity contribution in [2.45, 2.75) is 18.0 Å². The van der Waals surface area contributed by atoms with Crippen molar-refractivity contribution in [1.29, 1.82) is 0 Å². The Labute approximate surface area is 110 Å². The molecule has 0 saturated carbocycles. The van der Waals surface area contributed by atoms with Crippen LogP contribution in [0.4, 0.5) is 18.0 Å². The third-order valence-corrected chi connectivity index (χ3v) is 2.40. The van der Waals surface area contributed by atoms with E-state index in [9.17, 15) is 27.6 Å². The highest BCUT2D eigenvalue weighted by molar-refractivity contribution is 8.00. The first-order valence-electron chi connectivity index (χ1n) is 4.88. The quantitative estimate of drug-likeness (QED) is 0.488. The highest BCUT2D eigenvalue weighted by Crippen LogP contribution is 2.29. The molecule has 0 bridgehead atoms. The molecule has 0 aliphatic rings. The zero-order valence-corrected chi connectivity index (χ0v) is 10.3. The standard InChI is InChI=1S/C8H12F3N3O4S/c9-8(10,11)19-2-1-13-7(18)14-4(6(16)17)3-5(12)15/h4H,1-3H2,(H2,12,15)(H,16,17)(H2,13,14,18). The summed E-state index contributed by atoms with van der Waals surface area (Å²) in [5.74, 6) is -2.82. The second-order valence-corrected chi connectivity index (χ2v) is 4.42. The van der Waals surface area contributed by atoms with E-state index < -0.39 is 41.6 Å². The van der Waals surface area contributed by atoms with Gasteiger partial charge in [-0.25, -0.2) is 9.59 Å². The van der Waals surface area contributed by atoms with Gasteiger partial charge in [0.2, 0.25) is 5.91 Å². The van der Waals surface area contributed by atoms with Crippen LogP contribution in [-0.2, 0) is 9.59 Å². The van der Waals surface area contributed by atoms with E-state index in [4.69, 9.17) is 10.8 Å². The summed E-state index contributed by atoms with van der Waals surface area (Å²) in [5, 5.41) is 12.6. The second-order valence-electron chi connectivity index (χ2n) is 3.26. The lowest BCUT2D eigenvalue weighted by molar-refractivity contribution is -0.140. The molecule has 0 spiro atoms. The van der Waals surface area contributed by atoms with Crippen LogP contribution >= 0.6 is 11.8 Å². The van der Waals surface area contributed by atoms with Crippen molar-refractivity contribution in [2.75, 3.05) is 12.3 Å². The Morgan fingerprint density at radius 1 is 1.32 bits per heavy atom. The average Bonchev–Trinajstić information content (AvgIpc) is 2.21. The number of alkyl halides is 3. The molecule has 0 aromatic rings. The van der Waals surface area contributed by atoms with Gasteiger partial charge in [0.1, 0.15) is 6.04 Å². The number of carboxylic acids is 1. The molecular formula is C8H12F3N3O4S. The Kier molecular flexibility index (Phi) is 7.04. The lowest BCUT2D eigenvalue weighted by atomic mass is 10.2. The molecule has 19 heavy (non-hydrogen) atoms. The molecule has 0 saturated heterocycles. The molecule has 0 fully saturated rings. The molecule has 0 aromatic carbocycles. The van der Waals surface area contributed by atoms with Crippen LogP contribution in [0.3, 0.4) is 0 Å². The number of primary amides is 1. The van der Waals surface area contributed by atoms with Crippen LogP contribution in [0, 0.1) is 0 Å². The number of rotatable bonds is 7. The molecule has 1 atom stereocenters. The fourth-order valence-electron chi connectivity index (χ4n) is 0.942. The molecule has 0 aromatic heterocycles. The van der Waals surface area contributed by atoms with Crippen molar-refractivity contribution in [3.63, 3.8) is 0 Å². The number of halogens is 3. The Hall–Kier alpha value is -1.65. The summed E-state index contributed by atoms with van der Waals surface area (Å²) in [6, 6.07) is -2.51. The van der Waals surface area contributed by atoms with E-state index in [1.807, 2.05) is 10.6 Å². The molecule has 3 amide bonds. The molecule has 0 rings (SSSR count). The number of carbonyl (C=O) groups is 3. The van der Waals surface area contributed by atoms with E-state index in [2.05, 4.69) is 0 Å². The number of aliphatic carboxylic acids is 1. The van der Waals surface area contributed by atoms with Crippen LogP contribution < -0.4 is 16.4 Å². The first-order valence-corrected chi connectivity index (χ1v) is 5.86. The minimum atomic E-state index is -4.40. The normalized spacial score (nSPS) is 12.6. The molecular weight excluding hydrogens is 291 g/mol. The second kappa shape index (κ2) is 7.71. The van der Waals surface area contributed by atoms with E-state index >= 15 is 0 Å². The van der Waals surface area contributed by atoms with Crippen LogP contribution in [0.1, 0.15) is 6.42 Å². The number of amides is 3. The lowest BCUT2D eigenvalue weighted by Crippen LogP contribution is -2.48. The van der Waals surface area contributed by atoms with Crippen LogP contribution in [-0.4, -0.2) is 46.9 Å². The predicted octanol–water partition coefficient (Wildman–Crippen LogP) is -0.133. The monoisotopic (exact) mass is 303 g/mol. The van der Waals surface area contributed by atoms with Crippen molar-refractivity contribution in [3.05, 3.63) is 0 Å². The van der Waals surface area contributed by atoms with Gasteiger partial charge in [-0.3, -0.25) is 4.79 Å². The number of thioether (sulfide) groups is 1. The zero-order chi connectivity index (χ0) is 15.1. The maximum Gasteiger partial charge on any atom is 0.441 e. The van der Waals surface area contributed by atoms with E-state index in [1.165, 1.54) is 0 Å². The topological polar surface area (TPSA) is 122 Å². The smallest absolute Gasteiger partial charge is 0.441 e. The molecule has 0 heterocycles. The van der Waals surface area contributed by atoms with Crippen molar-refractivity contribution >= 4 is 29.7 Å². The fourth-order valence-corrected chi connectivity index (χ4v) is 1.38. The third kappa shape index (κ3) is 10.00. The van der Waals surface area contributed by atoms with Crippen molar-refractivity contribution in [1.82, 2.24) is 10.6 Å². The Morgan fingerprint density at radius 2 is 1.89 bits per heavy atom. The van der Waals surface area contributed by atoms with Gasteiger partial charge in [-0.05, 0) is 11.8 Å². The summed E-state index contributed by atoms with van der Waals surface area (Å²) in [7, 11) is 0. The third-order valence-electron chi connectivity index (χ3n) is 1.66. The SMILES string of the molecule is NC(=O)CC(NC(=O)NCCSC(F)(F)F)C(=O)O. The molecule has 0 aliphatic carbocycles. The highest BCUT2D eigenvalue weighted by atomic mass is 32.2. The first-order chi connectivity index (χ1) is 8.61. The molecule has 0 radical (unpaired) electrons. The summed E-state index contributed by atoms with van der Waals surface area (Å²) < 4.78 is 35.2. The van der Waals surface area contributed by atoms with Crippen LogP contribution in [0.15, 0.2) is 0 Å². The van der Waals surface area contributed by atoms with Gasteiger partial charge in [0, 0.05) is 12.3 Å². The van der Waals surface area contributed by atoms with Gasteiger partial charge < -0.3 is 21.5 Å². The van der Waals surface area contributed by atoms with Crippen molar-refractivity contribution < 1.29 is 32.7 Å². The van der Waals surface area contributed by atoms with E-state index in [1.54, 1.807) is 0 Å². The maximum atomic E-state index is 11.7. The van der Waals surface area contributed by atoms with Gasteiger partial charge in [0.15, 0.2) is 0 Å². The summed E-state index contributed by atoms with van der Waals surface area (Å²) in [6.45, 7) is -0.307. The molecule has 7 nitrogen and oxygen atoms in total. The lowest BCUT2D eigenvalue weighted by Gasteiger charge is -2.13.